The molecule has 0 aliphatic carbocycles. The summed E-state index contributed by atoms with van der Waals surface area (Å²) in [4.78, 5) is 21.0. The van der Waals surface area contributed by atoms with Gasteiger partial charge >= 0.3 is 0 Å². The number of aromatic nitrogens is 4. The second-order valence-corrected chi connectivity index (χ2v) is 6.56. The molecule has 4 rings (SSSR count). The first-order chi connectivity index (χ1) is 12.2. The smallest absolute Gasteiger partial charge is 0.280 e. The monoisotopic (exact) mass is 349 g/mol. The van der Waals surface area contributed by atoms with Crippen molar-refractivity contribution < 1.29 is 4.79 Å². The van der Waals surface area contributed by atoms with Crippen LogP contribution in [0, 0.1) is 0 Å². The number of thiazole rings is 1. The van der Waals surface area contributed by atoms with Crippen LogP contribution in [0.1, 0.15) is 15.5 Å². The Bertz CT molecular complexity index is 1010. The van der Waals surface area contributed by atoms with Crippen molar-refractivity contribution in [2.24, 2.45) is 7.05 Å². The number of carbonyl (C=O) groups is 1. The zero-order valence-electron chi connectivity index (χ0n) is 13.5. The standard InChI is InChI=1S/C18H15N5OS/c1-23-12(10-15(22-23)13-6-4-5-9-19-13)11-20-17(24)18-21-14-7-2-3-8-16(14)25-18/h2-10H,11H2,1H3,(H,20,24). The van der Waals surface area contributed by atoms with Crippen LogP contribution < -0.4 is 5.32 Å². The maximum Gasteiger partial charge on any atom is 0.280 e. The Kier molecular flexibility index (Phi) is 3.99. The topological polar surface area (TPSA) is 72.7 Å². The minimum Gasteiger partial charge on any atom is -0.344 e. The van der Waals surface area contributed by atoms with E-state index < -0.39 is 0 Å². The van der Waals surface area contributed by atoms with E-state index in [-0.39, 0.29) is 5.91 Å². The van der Waals surface area contributed by atoms with Crippen molar-refractivity contribution >= 4 is 27.5 Å². The van der Waals surface area contributed by atoms with E-state index in [1.165, 1.54) is 11.3 Å². The Hall–Kier alpha value is -3.06. The van der Waals surface area contributed by atoms with Crippen LogP contribution in [0.25, 0.3) is 21.6 Å². The summed E-state index contributed by atoms with van der Waals surface area (Å²) in [5.41, 5.74) is 3.33. The molecule has 1 aromatic carbocycles. The van der Waals surface area contributed by atoms with Crippen LogP contribution in [0.15, 0.2) is 54.7 Å². The molecule has 124 valence electrons. The first kappa shape index (κ1) is 15.5. The SMILES string of the molecule is Cn1nc(-c2ccccn2)cc1CNC(=O)c1nc2ccccc2s1. The number of amides is 1. The number of pyridine rings is 1. The average Bonchev–Trinajstić information content (AvgIpc) is 3.24. The third-order valence-electron chi connectivity index (χ3n) is 3.82. The number of aryl methyl sites for hydroxylation is 1. The molecule has 0 saturated heterocycles. The molecule has 3 heterocycles. The molecule has 0 aliphatic rings. The first-order valence-corrected chi connectivity index (χ1v) is 8.60. The lowest BCUT2D eigenvalue weighted by Gasteiger charge is -2.02. The molecule has 0 atom stereocenters. The highest BCUT2D eigenvalue weighted by molar-refractivity contribution is 7.20. The molecule has 0 saturated carbocycles. The second kappa shape index (κ2) is 6.45. The van der Waals surface area contributed by atoms with Gasteiger partial charge in [0.15, 0.2) is 5.01 Å². The number of hydrogen-bond acceptors (Lipinski definition) is 5. The van der Waals surface area contributed by atoms with Gasteiger partial charge in [-0.25, -0.2) is 4.98 Å². The predicted molar refractivity (Wildman–Crippen MR) is 97.2 cm³/mol. The molecule has 25 heavy (non-hydrogen) atoms. The molecule has 4 aromatic rings. The minimum atomic E-state index is -0.179. The Labute approximate surface area is 148 Å². The van der Waals surface area contributed by atoms with Crippen molar-refractivity contribution in [2.75, 3.05) is 0 Å². The number of nitrogens with zero attached hydrogens (tertiary/aromatic N) is 4. The van der Waals surface area contributed by atoms with Gasteiger partial charge in [0.05, 0.1) is 28.1 Å². The van der Waals surface area contributed by atoms with E-state index in [4.69, 9.17) is 0 Å². The van der Waals surface area contributed by atoms with E-state index in [0.29, 0.717) is 11.6 Å². The van der Waals surface area contributed by atoms with Crippen LogP contribution in [0.2, 0.25) is 0 Å². The molecular weight excluding hydrogens is 334 g/mol. The molecule has 1 N–H and O–H groups in total. The summed E-state index contributed by atoms with van der Waals surface area (Å²) in [5.74, 6) is -0.179. The summed E-state index contributed by atoms with van der Waals surface area (Å²) < 4.78 is 2.76. The average molecular weight is 349 g/mol. The predicted octanol–water partition coefficient (Wildman–Crippen LogP) is 3.02. The molecule has 3 aromatic heterocycles. The van der Waals surface area contributed by atoms with E-state index >= 15 is 0 Å². The van der Waals surface area contributed by atoms with Crippen LogP contribution in [0.5, 0.6) is 0 Å². The van der Waals surface area contributed by atoms with E-state index in [2.05, 4.69) is 20.4 Å². The number of carbonyl (C=O) groups excluding carboxylic acids is 1. The van der Waals surface area contributed by atoms with Gasteiger partial charge in [0, 0.05) is 13.2 Å². The van der Waals surface area contributed by atoms with E-state index in [0.717, 1.165) is 27.3 Å². The van der Waals surface area contributed by atoms with Gasteiger partial charge in [-0.15, -0.1) is 11.3 Å². The van der Waals surface area contributed by atoms with Gasteiger partial charge in [-0.3, -0.25) is 14.5 Å². The van der Waals surface area contributed by atoms with Crippen LogP contribution in [0.4, 0.5) is 0 Å². The number of para-hydroxylation sites is 1. The van der Waals surface area contributed by atoms with Gasteiger partial charge in [0.1, 0.15) is 5.69 Å². The van der Waals surface area contributed by atoms with E-state index in [9.17, 15) is 4.79 Å². The largest absolute Gasteiger partial charge is 0.344 e. The zero-order valence-corrected chi connectivity index (χ0v) is 14.3. The molecule has 0 aliphatic heterocycles. The van der Waals surface area contributed by atoms with Gasteiger partial charge in [0.25, 0.3) is 5.91 Å². The van der Waals surface area contributed by atoms with Crippen molar-refractivity contribution in [1.82, 2.24) is 25.1 Å². The summed E-state index contributed by atoms with van der Waals surface area (Å²) in [5, 5.41) is 7.83. The van der Waals surface area contributed by atoms with Gasteiger partial charge in [-0.05, 0) is 30.3 Å². The van der Waals surface area contributed by atoms with Gasteiger partial charge < -0.3 is 5.32 Å². The number of nitrogens with one attached hydrogen (secondary N) is 1. The summed E-state index contributed by atoms with van der Waals surface area (Å²) >= 11 is 1.39. The molecule has 0 fully saturated rings. The first-order valence-electron chi connectivity index (χ1n) is 7.79. The Morgan fingerprint density at radius 1 is 1.16 bits per heavy atom. The number of rotatable bonds is 4. The molecular formula is C18H15N5OS. The molecule has 0 bridgehead atoms. The van der Waals surface area contributed by atoms with Crippen molar-refractivity contribution in [2.45, 2.75) is 6.54 Å². The summed E-state index contributed by atoms with van der Waals surface area (Å²) in [6.45, 7) is 0.380. The third-order valence-corrected chi connectivity index (χ3v) is 4.86. The fraction of sp³-hybridized carbons (Fsp3) is 0.111. The fourth-order valence-electron chi connectivity index (χ4n) is 2.53. The Morgan fingerprint density at radius 2 is 2.00 bits per heavy atom. The highest BCUT2D eigenvalue weighted by atomic mass is 32.1. The molecule has 7 heteroatoms. The van der Waals surface area contributed by atoms with Crippen molar-refractivity contribution in [1.29, 1.82) is 0 Å². The summed E-state index contributed by atoms with van der Waals surface area (Å²) in [6, 6.07) is 15.4. The van der Waals surface area contributed by atoms with E-state index in [1.807, 2.05) is 55.6 Å². The lowest BCUT2D eigenvalue weighted by atomic mass is 10.2. The highest BCUT2D eigenvalue weighted by Crippen LogP contribution is 2.21. The molecule has 0 unspecified atom stereocenters. The number of fused-ring (bicyclic) bond motifs is 1. The summed E-state index contributed by atoms with van der Waals surface area (Å²) in [7, 11) is 1.85. The van der Waals surface area contributed by atoms with Crippen LogP contribution in [-0.2, 0) is 13.6 Å². The minimum absolute atomic E-state index is 0.179. The Balaban J connectivity index is 1.49. The van der Waals surface area contributed by atoms with Gasteiger partial charge in [-0.2, -0.15) is 5.10 Å². The van der Waals surface area contributed by atoms with Crippen LogP contribution in [-0.4, -0.2) is 25.7 Å². The van der Waals surface area contributed by atoms with Crippen molar-refractivity contribution in [3.63, 3.8) is 0 Å². The van der Waals surface area contributed by atoms with Gasteiger partial charge in [0.2, 0.25) is 0 Å². The van der Waals surface area contributed by atoms with Crippen molar-refractivity contribution in [3.05, 3.63) is 65.4 Å². The fourth-order valence-corrected chi connectivity index (χ4v) is 3.41. The number of hydrogen-bond donors (Lipinski definition) is 1. The molecule has 1 amide bonds. The quantitative estimate of drug-likeness (QED) is 0.615. The number of benzene rings is 1. The van der Waals surface area contributed by atoms with Crippen molar-refractivity contribution in [3.8, 4) is 11.4 Å². The normalized spacial score (nSPS) is 10.9. The van der Waals surface area contributed by atoms with Gasteiger partial charge in [-0.1, -0.05) is 18.2 Å². The van der Waals surface area contributed by atoms with Crippen LogP contribution >= 0.6 is 11.3 Å². The molecule has 6 nitrogen and oxygen atoms in total. The second-order valence-electron chi connectivity index (χ2n) is 5.53. The van der Waals surface area contributed by atoms with E-state index in [1.54, 1.807) is 10.9 Å². The lowest BCUT2D eigenvalue weighted by Crippen LogP contribution is -2.23. The molecule has 0 radical (unpaired) electrons. The maximum atomic E-state index is 12.4. The lowest BCUT2D eigenvalue weighted by molar-refractivity contribution is 0.0950. The van der Waals surface area contributed by atoms with Crippen LogP contribution in [0.3, 0.4) is 0 Å². The Morgan fingerprint density at radius 3 is 2.80 bits per heavy atom. The summed E-state index contributed by atoms with van der Waals surface area (Å²) in [6.07, 6.45) is 1.73. The highest BCUT2D eigenvalue weighted by Gasteiger charge is 2.13. The zero-order chi connectivity index (χ0) is 17.2. The maximum absolute atomic E-state index is 12.4. The third kappa shape index (κ3) is 3.14. The molecule has 0 spiro atoms.